The Hall–Kier alpha value is -0.980. The number of nitrogens with one attached hydrogen (secondary N) is 1. The Balaban J connectivity index is 2.02. The van der Waals surface area contributed by atoms with Gasteiger partial charge >= 0.3 is 0 Å². The van der Waals surface area contributed by atoms with Gasteiger partial charge in [-0.15, -0.1) is 0 Å². The summed E-state index contributed by atoms with van der Waals surface area (Å²) in [4.78, 5) is 4.35. The van der Waals surface area contributed by atoms with Crippen LogP contribution < -0.4 is 11.3 Å². The molecule has 0 amide bonds. The van der Waals surface area contributed by atoms with Gasteiger partial charge in [-0.05, 0) is 32.1 Å². The number of hydrogen-bond acceptors (Lipinski definition) is 5. The quantitative estimate of drug-likeness (QED) is 0.513. The van der Waals surface area contributed by atoms with Gasteiger partial charge in [-0.25, -0.2) is 4.98 Å². The van der Waals surface area contributed by atoms with Crippen LogP contribution in [0.25, 0.3) is 0 Å². The summed E-state index contributed by atoms with van der Waals surface area (Å²) in [7, 11) is 0. The molecule has 1 heterocycles. The molecule has 0 aliphatic heterocycles. The molecule has 1 aromatic rings. The van der Waals surface area contributed by atoms with E-state index in [9.17, 15) is 0 Å². The lowest BCUT2D eigenvalue weighted by molar-refractivity contribution is 0.0185. The van der Waals surface area contributed by atoms with Crippen LogP contribution in [-0.2, 0) is 17.7 Å². The summed E-state index contributed by atoms with van der Waals surface area (Å²) in [6.45, 7) is 5.79. The smallest absolute Gasteiger partial charge is 0.138 e. The van der Waals surface area contributed by atoms with Crippen LogP contribution in [0, 0.1) is 5.92 Å². The molecule has 0 bridgehead atoms. The van der Waals surface area contributed by atoms with Gasteiger partial charge in [0, 0.05) is 19.6 Å². The van der Waals surface area contributed by atoms with Crippen molar-refractivity contribution in [2.24, 2.45) is 11.8 Å². The third kappa shape index (κ3) is 3.75. The van der Waals surface area contributed by atoms with E-state index in [2.05, 4.69) is 22.4 Å². The predicted molar refractivity (Wildman–Crippen MR) is 73.3 cm³/mol. The number of rotatable bonds is 9. The van der Waals surface area contributed by atoms with E-state index in [1.165, 1.54) is 12.8 Å². The van der Waals surface area contributed by atoms with E-state index in [0.717, 1.165) is 31.8 Å². The van der Waals surface area contributed by atoms with Crippen LogP contribution in [0.5, 0.6) is 0 Å². The molecule has 19 heavy (non-hydrogen) atoms. The Bertz CT molecular complexity index is 377. The fourth-order valence-electron chi connectivity index (χ4n) is 2.51. The van der Waals surface area contributed by atoms with Crippen LogP contribution in [0.1, 0.15) is 38.9 Å². The van der Waals surface area contributed by atoms with Gasteiger partial charge in [0.2, 0.25) is 0 Å². The number of hydrogen-bond donors (Lipinski definition) is 2. The molecule has 0 radical (unpaired) electrons. The first kappa shape index (κ1) is 14.4. The zero-order valence-corrected chi connectivity index (χ0v) is 11.9. The number of aryl methyl sites for hydroxylation is 1. The molecular weight excluding hydrogens is 242 g/mol. The second-order valence-corrected chi connectivity index (χ2v) is 5.13. The highest BCUT2D eigenvalue weighted by atomic mass is 16.5. The van der Waals surface area contributed by atoms with Crippen molar-refractivity contribution in [3.05, 3.63) is 12.2 Å². The molecule has 1 aromatic heterocycles. The summed E-state index contributed by atoms with van der Waals surface area (Å²) in [5.74, 6) is 7.35. The lowest BCUT2D eigenvalue weighted by atomic mass is 10.0. The highest BCUT2D eigenvalue weighted by Gasteiger charge is 2.37. The van der Waals surface area contributed by atoms with Crippen molar-refractivity contribution in [3.63, 3.8) is 0 Å². The van der Waals surface area contributed by atoms with Gasteiger partial charge in [-0.1, -0.05) is 6.92 Å². The fourth-order valence-corrected chi connectivity index (χ4v) is 2.51. The Kier molecular flexibility index (Phi) is 5.30. The zero-order chi connectivity index (χ0) is 13.7. The van der Waals surface area contributed by atoms with E-state index in [-0.39, 0.29) is 12.1 Å². The molecule has 6 nitrogen and oxygen atoms in total. The second kappa shape index (κ2) is 6.98. The maximum atomic E-state index is 5.87. The van der Waals surface area contributed by atoms with Gasteiger partial charge in [0.05, 0.1) is 12.1 Å². The molecule has 0 saturated heterocycles. The van der Waals surface area contributed by atoms with Crippen LogP contribution in [0.15, 0.2) is 6.33 Å². The molecule has 0 aromatic carbocycles. The first-order chi connectivity index (χ1) is 9.30. The van der Waals surface area contributed by atoms with Crippen molar-refractivity contribution in [2.75, 3.05) is 6.61 Å². The average molecular weight is 267 g/mol. The number of hydrazine groups is 1. The molecule has 1 aliphatic rings. The normalized spacial score (nSPS) is 18.5. The van der Waals surface area contributed by atoms with Gasteiger partial charge in [-0.2, -0.15) is 5.10 Å². The zero-order valence-electron chi connectivity index (χ0n) is 11.9. The first-order valence-electron chi connectivity index (χ1n) is 7.24. The molecule has 1 aliphatic carbocycles. The van der Waals surface area contributed by atoms with E-state index in [4.69, 9.17) is 10.6 Å². The van der Waals surface area contributed by atoms with E-state index in [0.29, 0.717) is 5.92 Å². The van der Waals surface area contributed by atoms with E-state index < -0.39 is 0 Å². The van der Waals surface area contributed by atoms with Crippen molar-refractivity contribution >= 4 is 0 Å². The standard InChI is InChI=1S/C13H25N5O/c1-3-7-18-12(15-9-16-18)8-11(17-14)13(19-4-2)10-5-6-10/h9-11,13,17H,3-8,14H2,1-2H3. The van der Waals surface area contributed by atoms with Gasteiger partial charge in [0.1, 0.15) is 12.2 Å². The summed E-state index contributed by atoms with van der Waals surface area (Å²) in [5, 5.41) is 4.26. The average Bonchev–Trinajstić information content (AvgIpc) is 3.16. The summed E-state index contributed by atoms with van der Waals surface area (Å²) in [6.07, 6.45) is 6.09. The van der Waals surface area contributed by atoms with Crippen LogP contribution in [0.4, 0.5) is 0 Å². The largest absolute Gasteiger partial charge is 0.377 e. The molecule has 6 heteroatoms. The molecule has 1 saturated carbocycles. The Labute approximate surface area is 114 Å². The molecule has 3 N–H and O–H groups in total. The van der Waals surface area contributed by atoms with Crippen LogP contribution in [0.3, 0.4) is 0 Å². The van der Waals surface area contributed by atoms with Crippen molar-refractivity contribution in [2.45, 2.75) is 58.2 Å². The van der Waals surface area contributed by atoms with E-state index >= 15 is 0 Å². The first-order valence-corrected chi connectivity index (χ1v) is 7.24. The lowest BCUT2D eigenvalue weighted by Crippen LogP contribution is -2.48. The maximum absolute atomic E-state index is 5.87. The van der Waals surface area contributed by atoms with E-state index in [1.807, 2.05) is 11.6 Å². The number of aromatic nitrogens is 3. The Morgan fingerprint density at radius 2 is 2.32 bits per heavy atom. The highest BCUT2D eigenvalue weighted by molar-refractivity contribution is 4.97. The number of nitrogens with zero attached hydrogens (tertiary/aromatic N) is 3. The summed E-state index contributed by atoms with van der Waals surface area (Å²) in [6, 6.07) is 0.104. The van der Waals surface area contributed by atoms with E-state index in [1.54, 1.807) is 6.33 Å². The fraction of sp³-hybridized carbons (Fsp3) is 0.846. The number of nitrogens with two attached hydrogens (primary N) is 1. The monoisotopic (exact) mass is 267 g/mol. The summed E-state index contributed by atoms with van der Waals surface area (Å²) < 4.78 is 7.83. The predicted octanol–water partition coefficient (Wildman–Crippen LogP) is 0.878. The number of ether oxygens (including phenoxy) is 1. The van der Waals surface area contributed by atoms with Crippen LogP contribution >= 0.6 is 0 Å². The van der Waals surface area contributed by atoms with Gasteiger partial charge < -0.3 is 4.74 Å². The second-order valence-electron chi connectivity index (χ2n) is 5.13. The minimum absolute atomic E-state index is 0.104. The third-order valence-corrected chi connectivity index (χ3v) is 3.59. The Morgan fingerprint density at radius 1 is 1.53 bits per heavy atom. The highest BCUT2D eigenvalue weighted by Crippen LogP contribution is 2.36. The van der Waals surface area contributed by atoms with Gasteiger partial charge in [-0.3, -0.25) is 16.0 Å². The van der Waals surface area contributed by atoms with Crippen molar-refractivity contribution in [1.29, 1.82) is 0 Å². The van der Waals surface area contributed by atoms with Crippen molar-refractivity contribution < 1.29 is 4.74 Å². The van der Waals surface area contributed by atoms with Crippen molar-refractivity contribution in [1.82, 2.24) is 20.2 Å². The summed E-state index contributed by atoms with van der Waals surface area (Å²) in [5.41, 5.74) is 2.91. The SMILES string of the molecule is CCCn1ncnc1CC(NN)C(OCC)C1CC1. The minimum Gasteiger partial charge on any atom is -0.377 e. The lowest BCUT2D eigenvalue weighted by Gasteiger charge is -2.26. The maximum Gasteiger partial charge on any atom is 0.138 e. The topological polar surface area (TPSA) is 78.0 Å². The molecular formula is C13H25N5O. The molecule has 2 rings (SSSR count). The molecule has 2 unspecified atom stereocenters. The molecule has 2 atom stereocenters. The Morgan fingerprint density at radius 3 is 2.89 bits per heavy atom. The minimum atomic E-state index is 0.104. The van der Waals surface area contributed by atoms with Crippen molar-refractivity contribution in [3.8, 4) is 0 Å². The molecule has 0 spiro atoms. The van der Waals surface area contributed by atoms with Crippen LogP contribution in [-0.4, -0.2) is 33.5 Å². The van der Waals surface area contributed by atoms with Gasteiger partial charge in [0.15, 0.2) is 0 Å². The van der Waals surface area contributed by atoms with Gasteiger partial charge in [0.25, 0.3) is 0 Å². The molecule has 1 fully saturated rings. The molecule has 108 valence electrons. The van der Waals surface area contributed by atoms with Crippen LogP contribution in [0.2, 0.25) is 0 Å². The summed E-state index contributed by atoms with van der Waals surface area (Å²) >= 11 is 0. The third-order valence-electron chi connectivity index (χ3n) is 3.59.